The van der Waals surface area contributed by atoms with E-state index >= 15 is 0 Å². The third-order valence-electron chi connectivity index (χ3n) is 3.62. The molecule has 29 heavy (non-hydrogen) atoms. The maximum atomic E-state index is 12.5. The number of anilines is 1. The lowest BCUT2D eigenvalue weighted by Crippen LogP contribution is -2.66. The molecule has 152 valence electrons. The molecule has 2 aromatic rings. The molecule has 0 saturated carbocycles. The van der Waals surface area contributed by atoms with Gasteiger partial charge < -0.3 is 25.0 Å². The van der Waals surface area contributed by atoms with Gasteiger partial charge in [0.1, 0.15) is 18.0 Å². The highest BCUT2D eigenvalue weighted by molar-refractivity contribution is 6.01. The van der Waals surface area contributed by atoms with Crippen molar-refractivity contribution in [2.45, 2.75) is 6.92 Å². The molecule has 0 bridgehead atoms. The van der Waals surface area contributed by atoms with Crippen LogP contribution in [-0.2, 0) is 4.79 Å². The molecule has 4 N–H and O–H groups in total. The number of ether oxygens (including phenoxy) is 2. The SMILES string of the molecule is COc1cc(N=O)ccc1N=[NH+]C(C(=O)Nc1ccc(OCCO)cc1)=C(C)O. The fourth-order valence-corrected chi connectivity index (χ4v) is 2.22. The molecule has 2 aromatic carbocycles. The molecule has 0 spiro atoms. The van der Waals surface area contributed by atoms with Crippen molar-refractivity contribution in [3.05, 3.63) is 58.8 Å². The summed E-state index contributed by atoms with van der Waals surface area (Å²) in [5.74, 6) is -0.0923. The first-order valence-electron chi connectivity index (χ1n) is 8.51. The highest BCUT2D eigenvalue weighted by Crippen LogP contribution is 2.30. The number of methoxy groups -OCH3 is 1. The summed E-state index contributed by atoms with van der Waals surface area (Å²) < 4.78 is 10.4. The van der Waals surface area contributed by atoms with Crippen LogP contribution < -0.4 is 19.9 Å². The second-order valence-electron chi connectivity index (χ2n) is 5.68. The Morgan fingerprint density at radius 2 is 1.93 bits per heavy atom. The van der Waals surface area contributed by atoms with Crippen molar-refractivity contribution >= 4 is 23.0 Å². The van der Waals surface area contributed by atoms with E-state index in [0.717, 1.165) is 0 Å². The third-order valence-corrected chi connectivity index (χ3v) is 3.62. The lowest BCUT2D eigenvalue weighted by atomic mass is 10.2. The average Bonchev–Trinajstić information content (AvgIpc) is 2.73. The second kappa shape index (κ2) is 10.5. The topological polar surface area (TPSA) is 144 Å². The standard InChI is InChI=1S/C19H20N4O6/c1-12(25)18(22-21-16-8-5-14(23-27)11-17(16)28-2)19(26)20-13-3-6-15(7-4-13)29-10-9-24/h3-8,11,24-25H,9-10H2,1-2H3,(H,20,26)/p+1. The molecule has 10 heteroatoms. The zero-order valence-corrected chi connectivity index (χ0v) is 15.9. The van der Waals surface area contributed by atoms with Gasteiger partial charge in [0.2, 0.25) is 0 Å². The summed E-state index contributed by atoms with van der Waals surface area (Å²) in [5, 5.41) is 30.6. The molecule has 0 radical (unpaired) electrons. The summed E-state index contributed by atoms with van der Waals surface area (Å²) in [7, 11) is 1.40. The van der Waals surface area contributed by atoms with Gasteiger partial charge in [-0.15, -0.1) is 4.91 Å². The largest absolute Gasteiger partial charge is 0.506 e. The first kappa shape index (κ1) is 21.5. The minimum absolute atomic E-state index is 0.100. The number of azo groups is 1. The predicted octanol–water partition coefficient (Wildman–Crippen LogP) is 2.06. The molecule has 0 fully saturated rings. The van der Waals surface area contributed by atoms with Crippen molar-refractivity contribution in [2.75, 3.05) is 25.6 Å². The quantitative estimate of drug-likeness (QED) is 0.219. The van der Waals surface area contributed by atoms with Crippen molar-refractivity contribution in [2.24, 2.45) is 10.3 Å². The number of nitroso groups, excluding NO2 is 1. The van der Waals surface area contributed by atoms with Gasteiger partial charge in [0.15, 0.2) is 17.2 Å². The first-order valence-corrected chi connectivity index (χ1v) is 8.51. The maximum absolute atomic E-state index is 12.5. The summed E-state index contributed by atoms with van der Waals surface area (Å²) in [4.78, 5) is 23.1. The van der Waals surface area contributed by atoms with E-state index < -0.39 is 5.91 Å². The van der Waals surface area contributed by atoms with Crippen LogP contribution in [0.3, 0.4) is 0 Å². The van der Waals surface area contributed by atoms with Gasteiger partial charge >= 0.3 is 11.6 Å². The number of allylic oxidation sites excluding steroid dienone is 1. The fraction of sp³-hybridized carbons (Fsp3) is 0.211. The zero-order chi connectivity index (χ0) is 21.2. The van der Waals surface area contributed by atoms with E-state index in [1.807, 2.05) is 0 Å². The summed E-state index contributed by atoms with van der Waals surface area (Å²) in [5.41, 5.74) is 0.757. The Labute approximate surface area is 166 Å². The van der Waals surface area contributed by atoms with Crippen molar-refractivity contribution in [1.29, 1.82) is 0 Å². The molecule has 0 heterocycles. The van der Waals surface area contributed by atoms with E-state index in [1.54, 1.807) is 24.3 Å². The van der Waals surface area contributed by atoms with Crippen LogP contribution in [0.25, 0.3) is 0 Å². The Morgan fingerprint density at radius 1 is 1.21 bits per heavy atom. The van der Waals surface area contributed by atoms with Crippen LogP contribution in [-0.4, -0.2) is 36.4 Å². The monoisotopic (exact) mass is 401 g/mol. The molecule has 2 rings (SSSR count). The number of nitrogens with zero attached hydrogens (tertiary/aromatic N) is 2. The summed E-state index contributed by atoms with van der Waals surface area (Å²) >= 11 is 0. The minimum atomic E-state index is -0.622. The van der Waals surface area contributed by atoms with Gasteiger partial charge in [-0.3, -0.25) is 4.79 Å². The van der Waals surface area contributed by atoms with Crippen LogP contribution >= 0.6 is 0 Å². The van der Waals surface area contributed by atoms with Gasteiger partial charge in [-0.25, -0.2) is 0 Å². The smallest absolute Gasteiger partial charge is 0.331 e. The van der Waals surface area contributed by atoms with Gasteiger partial charge in [-0.2, -0.15) is 0 Å². The number of carbonyl (C=O) groups is 1. The molecule has 0 atom stereocenters. The first-order chi connectivity index (χ1) is 14.0. The minimum Gasteiger partial charge on any atom is -0.506 e. The lowest BCUT2D eigenvalue weighted by Gasteiger charge is -2.06. The molecule has 0 unspecified atom stereocenters. The van der Waals surface area contributed by atoms with Crippen molar-refractivity contribution < 1.29 is 29.6 Å². The maximum Gasteiger partial charge on any atom is 0.331 e. The van der Waals surface area contributed by atoms with E-state index in [9.17, 15) is 14.8 Å². The molecular formula is C19H21N4O6+. The third kappa shape index (κ3) is 6.11. The Bertz CT molecular complexity index is 921. The highest BCUT2D eigenvalue weighted by atomic mass is 16.5. The summed E-state index contributed by atoms with van der Waals surface area (Å²) in [6, 6.07) is 10.8. The second-order valence-corrected chi connectivity index (χ2v) is 5.68. The normalized spacial score (nSPS) is 11.7. The van der Waals surface area contributed by atoms with E-state index in [0.29, 0.717) is 17.1 Å². The molecule has 1 amide bonds. The predicted molar refractivity (Wildman–Crippen MR) is 104 cm³/mol. The highest BCUT2D eigenvalue weighted by Gasteiger charge is 2.20. The van der Waals surface area contributed by atoms with Gasteiger partial charge in [0, 0.05) is 23.8 Å². The number of aliphatic hydroxyl groups excluding tert-OH is 2. The van der Waals surface area contributed by atoms with E-state index in [-0.39, 0.29) is 36.1 Å². The number of amides is 1. The molecular weight excluding hydrogens is 380 g/mol. The molecule has 0 saturated heterocycles. The zero-order valence-electron chi connectivity index (χ0n) is 15.9. The number of rotatable bonds is 9. The van der Waals surface area contributed by atoms with Crippen molar-refractivity contribution in [1.82, 2.24) is 0 Å². The number of carbonyl (C=O) groups excluding carboxylic acids is 1. The van der Waals surface area contributed by atoms with Crippen LogP contribution in [0.15, 0.2) is 64.2 Å². The Hall–Kier alpha value is -3.79. The Balaban J connectivity index is 2.15. The molecule has 0 aromatic heterocycles. The number of hydrogen-bond donors (Lipinski definition) is 4. The van der Waals surface area contributed by atoms with E-state index in [4.69, 9.17) is 14.6 Å². The van der Waals surface area contributed by atoms with Gasteiger partial charge in [-0.1, -0.05) is 5.11 Å². The molecule has 10 nitrogen and oxygen atoms in total. The summed E-state index contributed by atoms with van der Waals surface area (Å²) in [6.07, 6.45) is 0. The number of benzene rings is 2. The Kier molecular flexibility index (Phi) is 7.80. The number of aliphatic hydroxyl groups is 2. The molecule has 0 aliphatic rings. The van der Waals surface area contributed by atoms with Gasteiger partial charge in [0.25, 0.3) is 0 Å². The average molecular weight is 401 g/mol. The Morgan fingerprint density at radius 3 is 2.52 bits per heavy atom. The number of nitrogens with one attached hydrogen (secondary N) is 2. The van der Waals surface area contributed by atoms with Crippen LogP contribution in [0.1, 0.15) is 6.92 Å². The molecule has 0 aliphatic carbocycles. The summed E-state index contributed by atoms with van der Waals surface area (Å²) in [6.45, 7) is 1.40. The van der Waals surface area contributed by atoms with Crippen LogP contribution in [0, 0.1) is 4.91 Å². The van der Waals surface area contributed by atoms with Crippen LogP contribution in [0.4, 0.5) is 17.1 Å². The van der Waals surface area contributed by atoms with E-state index in [2.05, 4.69) is 20.7 Å². The molecule has 0 aliphatic heterocycles. The fourth-order valence-electron chi connectivity index (χ4n) is 2.22. The van der Waals surface area contributed by atoms with E-state index in [1.165, 1.54) is 32.2 Å². The van der Waals surface area contributed by atoms with Gasteiger partial charge in [-0.05, 0) is 41.6 Å². The van der Waals surface area contributed by atoms with Crippen molar-refractivity contribution in [3.8, 4) is 11.5 Å². The van der Waals surface area contributed by atoms with Crippen LogP contribution in [0.5, 0.6) is 11.5 Å². The van der Waals surface area contributed by atoms with Gasteiger partial charge in [0.05, 0.1) is 13.7 Å². The number of hydrogen-bond acceptors (Lipinski definition) is 8. The van der Waals surface area contributed by atoms with Crippen LogP contribution in [0.2, 0.25) is 0 Å². The van der Waals surface area contributed by atoms with Crippen molar-refractivity contribution in [3.63, 3.8) is 0 Å². The lowest BCUT2D eigenvalue weighted by molar-refractivity contribution is -0.469.